The molecule has 214 valence electrons. The summed E-state index contributed by atoms with van der Waals surface area (Å²) in [6.45, 7) is 3.40. The van der Waals surface area contributed by atoms with E-state index in [9.17, 15) is 18.0 Å². The molecule has 0 saturated heterocycles. The molecule has 0 aromatic heterocycles. The minimum Gasteiger partial charge on any atom is -0.352 e. The minimum atomic E-state index is -3.86. The summed E-state index contributed by atoms with van der Waals surface area (Å²) in [5.74, 6) is -0.781. The number of hydrogen-bond donors (Lipinski definition) is 1. The van der Waals surface area contributed by atoms with Crippen LogP contribution in [-0.4, -0.2) is 50.0 Å². The van der Waals surface area contributed by atoms with Gasteiger partial charge in [-0.1, -0.05) is 94.8 Å². The molecule has 41 heavy (non-hydrogen) atoms. The minimum absolute atomic E-state index is 0.127. The Morgan fingerprint density at radius 3 is 2.12 bits per heavy atom. The molecule has 0 spiro atoms. The summed E-state index contributed by atoms with van der Waals surface area (Å²) >= 11 is 3.45. The van der Waals surface area contributed by atoms with Crippen molar-refractivity contribution in [2.24, 2.45) is 0 Å². The molecule has 2 amide bonds. The average Bonchev–Trinajstić information content (AvgIpc) is 2.94. The number of benzene rings is 4. The second kappa shape index (κ2) is 13.3. The van der Waals surface area contributed by atoms with Gasteiger partial charge in [-0.25, -0.2) is 8.42 Å². The lowest BCUT2D eigenvalue weighted by Gasteiger charge is -2.34. The molecule has 0 heterocycles. The van der Waals surface area contributed by atoms with Gasteiger partial charge in [-0.05, 0) is 48.6 Å². The third kappa shape index (κ3) is 7.95. The van der Waals surface area contributed by atoms with Crippen LogP contribution in [-0.2, 0) is 32.6 Å². The predicted molar refractivity (Wildman–Crippen MR) is 168 cm³/mol. The maximum absolute atomic E-state index is 14.2. The summed E-state index contributed by atoms with van der Waals surface area (Å²) in [6, 6.07) is 28.8. The molecule has 1 atom stereocenters. The monoisotopic (exact) mass is 635 g/mol. The molecule has 4 rings (SSSR count). The molecule has 0 aliphatic heterocycles. The van der Waals surface area contributed by atoms with Crippen molar-refractivity contribution in [3.05, 3.63) is 113 Å². The van der Waals surface area contributed by atoms with Crippen LogP contribution in [0.25, 0.3) is 10.8 Å². The summed E-state index contributed by atoms with van der Waals surface area (Å²) in [5.41, 5.74) is 2.11. The van der Waals surface area contributed by atoms with Crippen LogP contribution >= 0.6 is 15.9 Å². The van der Waals surface area contributed by atoms with Crippen LogP contribution in [0.15, 0.2) is 102 Å². The van der Waals surface area contributed by atoms with Crippen molar-refractivity contribution in [1.82, 2.24) is 10.2 Å². The van der Waals surface area contributed by atoms with Crippen molar-refractivity contribution < 1.29 is 18.0 Å². The number of carbonyl (C=O) groups is 2. The Hall–Kier alpha value is -3.69. The summed E-state index contributed by atoms with van der Waals surface area (Å²) < 4.78 is 28.3. The number of carbonyl (C=O) groups excluding carboxylic acids is 2. The fourth-order valence-corrected chi connectivity index (χ4v) is 5.87. The highest BCUT2D eigenvalue weighted by molar-refractivity contribution is 9.10. The molecule has 0 radical (unpaired) electrons. The van der Waals surface area contributed by atoms with E-state index in [0.717, 1.165) is 31.5 Å². The molecular weight excluding hydrogens is 602 g/mol. The number of sulfonamides is 1. The molecular formula is C32H34BrN3O4S. The first-order chi connectivity index (χ1) is 19.5. The van der Waals surface area contributed by atoms with Crippen LogP contribution in [0.3, 0.4) is 0 Å². The number of nitrogens with one attached hydrogen (secondary N) is 1. The van der Waals surface area contributed by atoms with E-state index in [2.05, 4.69) is 21.2 Å². The van der Waals surface area contributed by atoms with Crippen molar-refractivity contribution in [3.63, 3.8) is 0 Å². The Morgan fingerprint density at radius 1 is 0.829 bits per heavy atom. The molecule has 4 aromatic carbocycles. The lowest BCUT2D eigenvalue weighted by atomic mass is 10.0. The lowest BCUT2D eigenvalue weighted by Crippen LogP contribution is -2.54. The maximum atomic E-state index is 14.2. The van der Waals surface area contributed by atoms with Crippen LogP contribution in [0, 0.1) is 0 Å². The molecule has 9 heteroatoms. The van der Waals surface area contributed by atoms with E-state index in [0.29, 0.717) is 11.1 Å². The molecule has 0 saturated carbocycles. The van der Waals surface area contributed by atoms with Gasteiger partial charge in [0.1, 0.15) is 12.6 Å². The number of hydrogen-bond acceptors (Lipinski definition) is 4. The first-order valence-corrected chi connectivity index (χ1v) is 16.0. The average molecular weight is 637 g/mol. The first-order valence-electron chi connectivity index (χ1n) is 13.4. The topological polar surface area (TPSA) is 86.8 Å². The number of rotatable bonds is 11. The molecule has 0 fully saturated rings. The van der Waals surface area contributed by atoms with Crippen molar-refractivity contribution in [2.45, 2.75) is 38.9 Å². The van der Waals surface area contributed by atoms with Crippen LogP contribution in [0.5, 0.6) is 0 Å². The fourth-order valence-electron chi connectivity index (χ4n) is 4.74. The van der Waals surface area contributed by atoms with Crippen molar-refractivity contribution in [3.8, 4) is 0 Å². The Bertz CT molecular complexity index is 1600. The van der Waals surface area contributed by atoms with Crippen molar-refractivity contribution >= 4 is 54.2 Å². The molecule has 0 aliphatic carbocycles. The van der Waals surface area contributed by atoms with Gasteiger partial charge in [0.25, 0.3) is 0 Å². The number of amides is 2. The van der Waals surface area contributed by atoms with Crippen molar-refractivity contribution in [1.29, 1.82) is 0 Å². The first kappa shape index (κ1) is 30.3. The highest BCUT2D eigenvalue weighted by atomic mass is 79.9. The van der Waals surface area contributed by atoms with Gasteiger partial charge in [0, 0.05) is 28.9 Å². The molecule has 0 bridgehead atoms. The van der Waals surface area contributed by atoms with E-state index < -0.39 is 28.5 Å². The summed E-state index contributed by atoms with van der Waals surface area (Å²) in [5, 5.41) is 4.53. The summed E-state index contributed by atoms with van der Waals surface area (Å²) in [4.78, 5) is 29.4. The second-order valence-electron chi connectivity index (χ2n) is 10.3. The Labute approximate surface area is 250 Å². The molecule has 7 nitrogen and oxygen atoms in total. The van der Waals surface area contributed by atoms with E-state index in [1.807, 2.05) is 98.8 Å². The Balaban J connectivity index is 1.78. The molecule has 0 aliphatic rings. The second-order valence-corrected chi connectivity index (χ2v) is 13.1. The van der Waals surface area contributed by atoms with E-state index >= 15 is 0 Å². The normalized spacial score (nSPS) is 12.2. The number of anilines is 1. The van der Waals surface area contributed by atoms with Gasteiger partial charge in [0.15, 0.2) is 0 Å². The highest BCUT2D eigenvalue weighted by Gasteiger charge is 2.33. The Morgan fingerprint density at radius 2 is 1.46 bits per heavy atom. The highest BCUT2D eigenvalue weighted by Crippen LogP contribution is 2.29. The molecule has 4 aromatic rings. The smallest absolute Gasteiger partial charge is 0.244 e. The lowest BCUT2D eigenvalue weighted by molar-refractivity contribution is -0.140. The van der Waals surface area contributed by atoms with Crippen LogP contribution in [0.2, 0.25) is 0 Å². The summed E-state index contributed by atoms with van der Waals surface area (Å²) in [6.07, 6.45) is 1.36. The predicted octanol–water partition coefficient (Wildman–Crippen LogP) is 5.53. The number of nitrogens with zero attached hydrogens (tertiary/aromatic N) is 2. The largest absolute Gasteiger partial charge is 0.352 e. The third-order valence-corrected chi connectivity index (χ3v) is 8.34. The SMILES string of the molecule is CC(C)NC(=O)[C@@H](Cc1ccccc1)N(Cc1ccc(Br)cc1)C(=O)CN(c1cccc2ccccc12)S(C)(=O)=O. The number of halogens is 1. The zero-order valence-electron chi connectivity index (χ0n) is 23.3. The zero-order valence-corrected chi connectivity index (χ0v) is 25.7. The van der Waals surface area contributed by atoms with Gasteiger partial charge < -0.3 is 10.2 Å². The van der Waals surface area contributed by atoms with Gasteiger partial charge >= 0.3 is 0 Å². The third-order valence-electron chi connectivity index (χ3n) is 6.68. The van der Waals surface area contributed by atoms with Gasteiger partial charge in [-0.3, -0.25) is 13.9 Å². The van der Waals surface area contributed by atoms with E-state index in [-0.39, 0.29) is 24.9 Å². The molecule has 0 unspecified atom stereocenters. The van der Waals surface area contributed by atoms with E-state index in [1.54, 1.807) is 12.1 Å². The molecule has 1 N–H and O–H groups in total. The van der Waals surface area contributed by atoms with Gasteiger partial charge in [0.05, 0.1) is 11.9 Å². The quantitative estimate of drug-likeness (QED) is 0.235. The summed E-state index contributed by atoms with van der Waals surface area (Å²) in [7, 11) is -3.86. The Kier molecular flexibility index (Phi) is 9.83. The van der Waals surface area contributed by atoms with E-state index in [1.165, 1.54) is 4.90 Å². The van der Waals surface area contributed by atoms with Crippen LogP contribution in [0.4, 0.5) is 5.69 Å². The standard InChI is InChI=1S/C32H34BrN3O4S/c1-23(2)34-32(38)30(20-24-10-5-4-6-11-24)35(21-25-16-18-27(33)19-17-25)31(37)22-36(41(3,39)40)29-15-9-13-26-12-7-8-14-28(26)29/h4-19,23,30H,20-22H2,1-3H3,(H,34,38)/t30-/m1/s1. The van der Waals surface area contributed by atoms with Crippen LogP contribution < -0.4 is 9.62 Å². The fraction of sp³-hybridized carbons (Fsp3) is 0.250. The van der Waals surface area contributed by atoms with E-state index in [4.69, 9.17) is 0 Å². The van der Waals surface area contributed by atoms with Gasteiger partial charge in [0.2, 0.25) is 21.8 Å². The number of fused-ring (bicyclic) bond motifs is 1. The maximum Gasteiger partial charge on any atom is 0.244 e. The zero-order chi connectivity index (χ0) is 29.6. The van der Waals surface area contributed by atoms with Gasteiger partial charge in [-0.2, -0.15) is 0 Å². The van der Waals surface area contributed by atoms with Crippen LogP contribution in [0.1, 0.15) is 25.0 Å². The van der Waals surface area contributed by atoms with Gasteiger partial charge in [-0.15, -0.1) is 0 Å². The van der Waals surface area contributed by atoms with Crippen molar-refractivity contribution in [2.75, 3.05) is 17.1 Å².